The monoisotopic (exact) mass is 261 g/mol. The van der Waals surface area contributed by atoms with Crippen LogP contribution in [0.3, 0.4) is 0 Å². The van der Waals surface area contributed by atoms with Gasteiger partial charge in [-0.3, -0.25) is 0 Å². The number of benzene rings is 1. The molecule has 1 fully saturated rings. The maximum atomic E-state index is 9.82. The molecule has 0 amide bonds. The number of hydrogen-bond donors (Lipinski definition) is 2. The molecule has 0 radical (unpaired) electrons. The highest BCUT2D eigenvalue weighted by Crippen LogP contribution is 2.30. The first-order valence-electron chi connectivity index (χ1n) is 7.68. The second kappa shape index (κ2) is 6.95. The van der Waals surface area contributed by atoms with E-state index in [1.807, 2.05) is 18.2 Å². The van der Waals surface area contributed by atoms with Gasteiger partial charge < -0.3 is 10.4 Å². The Morgan fingerprint density at radius 3 is 2.58 bits per heavy atom. The van der Waals surface area contributed by atoms with E-state index >= 15 is 0 Å². The summed E-state index contributed by atoms with van der Waals surface area (Å²) in [6.45, 7) is 5.54. The van der Waals surface area contributed by atoms with Gasteiger partial charge in [0.1, 0.15) is 5.75 Å². The predicted octanol–water partition coefficient (Wildman–Crippen LogP) is 4.26. The van der Waals surface area contributed by atoms with Crippen molar-refractivity contribution in [1.82, 2.24) is 5.32 Å². The largest absolute Gasteiger partial charge is 0.508 e. The van der Waals surface area contributed by atoms with E-state index in [2.05, 4.69) is 19.2 Å². The minimum Gasteiger partial charge on any atom is -0.508 e. The summed E-state index contributed by atoms with van der Waals surface area (Å²) in [4.78, 5) is 0. The third-order valence-electron chi connectivity index (χ3n) is 4.54. The van der Waals surface area contributed by atoms with Gasteiger partial charge in [-0.05, 0) is 37.8 Å². The van der Waals surface area contributed by atoms with Gasteiger partial charge in [-0.25, -0.2) is 0 Å². The Balaban J connectivity index is 1.72. The SMILES string of the molecule is CC1CCC(CCNC(C)c2ccccc2O)CC1. The molecule has 1 aromatic carbocycles. The number of rotatable bonds is 5. The van der Waals surface area contributed by atoms with Crippen LogP contribution in [0.5, 0.6) is 5.75 Å². The molecular formula is C17H27NO. The van der Waals surface area contributed by atoms with E-state index in [1.54, 1.807) is 6.07 Å². The average Bonchev–Trinajstić information content (AvgIpc) is 2.41. The Bertz CT molecular complexity index is 383. The highest BCUT2D eigenvalue weighted by molar-refractivity contribution is 5.34. The maximum absolute atomic E-state index is 9.82. The number of phenols is 1. The van der Waals surface area contributed by atoms with Crippen LogP contribution in [0, 0.1) is 11.8 Å². The van der Waals surface area contributed by atoms with Gasteiger partial charge in [-0.2, -0.15) is 0 Å². The number of hydrogen-bond acceptors (Lipinski definition) is 2. The van der Waals surface area contributed by atoms with Crippen molar-refractivity contribution in [2.45, 2.75) is 52.0 Å². The molecule has 2 nitrogen and oxygen atoms in total. The molecule has 0 heterocycles. The van der Waals surface area contributed by atoms with E-state index in [0.29, 0.717) is 5.75 Å². The second-order valence-corrected chi connectivity index (χ2v) is 6.15. The average molecular weight is 261 g/mol. The number of para-hydroxylation sites is 1. The van der Waals surface area contributed by atoms with E-state index in [0.717, 1.165) is 23.9 Å². The van der Waals surface area contributed by atoms with E-state index in [9.17, 15) is 5.11 Å². The minimum absolute atomic E-state index is 0.226. The molecule has 2 heteroatoms. The fraction of sp³-hybridized carbons (Fsp3) is 0.647. The molecule has 2 N–H and O–H groups in total. The quantitative estimate of drug-likeness (QED) is 0.830. The molecule has 0 saturated heterocycles. The van der Waals surface area contributed by atoms with Crippen molar-refractivity contribution in [2.75, 3.05) is 6.54 Å². The van der Waals surface area contributed by atoms with E-state index < -0.39 is 0 Å². The Kier molecular flexibility index (Phi) is 5.26. The summed E-state index contributed by atoms with van der Waals surface area (Å²) in [5.41, 5.74) is 1.000. The zero-order chi connectivity index (χ0) is 13.7. The Morgan fingerprint density at radius 1 is 1.21 bits per heavy atom. The molecule has 0 spiro atoms. The topological polar surface area (TPSA) is 32.3 Å². The first-order chi connectivity index (χ1) is 9.16. The van der Waals surface area contributed by atoms with Crippen LogP contribution in [-0.4, -0.2) is 11.7 Å². The molecule has 1 aliphatic rings. The molecule has 0 bridgehead atoms. The van der Waals surface area contributed by atoms with Crippen LogP contribution in [-0.2, 0) is 0 Å². The molecule has 106 valence electrons. The number of nitrogens with one attached hydrogen (secondary N) is 1. The van der Waals surface area contributed by atoms with E-state index in [1.165, 1.54) is 32.1 Å². The molecule has 0 aromatic heterocycles. The third kappa shape index (κ3) is 4.24. The molecule has 1 aliphatic carbocycles. The summed E-state index contributed by atoms with van der Waals surface area (Å²) < 4.78 is 0. The molecule has 1 atom stereocenters. The van der Waals surface area contributed by atoms with Crippen LogP contribution in [0.15, 0.2) is 24.3 Å². The molecule has 19 heavy (non-hydrogen) atoms. The van der Waals surface area contributed by atoms with Crippen LogP contribution >= 0.6 is 0 Å². The molecule has 2 rings (SSSR count). The summed E-state index contributed by atoms with van der Waals surface area (Å²) in [7, 11) is 0. The van der Waals surface area contributed by atoms with Gasteiger partial charge >= 0.3 is 0 Å². The van der Waals surface area contributed by atoms with Crippen LogP contribution in [0.4, 0.5) is 0 Å². The van der Waals surface area contributed by atoms with Crippen molar-refractivity contribution in [2.24, 2.45) is 11.8 Å². The highest BCUT2D eigenvalue weighted by Gasteiger charge is 2.18. The first-order valence-corrected chi connectivity index (χ1v) is 7.68. The predicted molar refractivity (Wildman–Crippen MR) is 80.3 cm³/mol. The van der Waals surface area contributed by atoms with Gasteiger partial charge in [0.25, 0.3) is 0 Å². The standard InChI is InChI=1S/C17H27NO/c1-13-7-9-15(10-8-13)11-12-18-14(2)16-5-3-4-6-17(16)19/h3-6,13-15,18-19H,7-12H2,1-2H3. The van der Waals surface area contributed by atoms with Gasteiger partial charge in [0.05, 0.1) is 0 Å². The summed E-state index contributed by atoms with van der Waals surface area (Å²) in [6, 6.07) is 7.83. The lowest BCUT2D eigenvalue weighted by Crippen LogP contribution is -2.23. The van der Waals surface area contributed by atoms with Gasteiger partial charge in [-0.15, -0.1) is 0 Å². The Hall–Kier alpha value is -1.02. The lowest BCUT2D eigenvalue weighted by Gasteiger charge is -2.26. The number of phenolic OH excluding ortho intramolecular Hbond substituents is 1. The highest BCUT2D eigenvalue weighted by atomic mass is 16.3. The van der Waals surface area contributed by atoms with Gasteiger partial charge in [0.2, 0.25) is 0 Å². The van der Waals surface area contributed by atoms with Gasteiger partial charge in [0.15, 0.2) is 0 Å². The first kappa shape index (κ1) is 14.4. The lowest BCUT2D eigenvalue weighted by atomic mass is 9.81. The van der Waals surface area contributed by atoms with Crippen LogP contribution < -0.4 is 5.32 Å². The molecule has 0 aliphatic heterocycles. The van der Waals surface area contributed by atoms with E-state index in [4.69, 9.17) is 0 Å². The molecule has 1 unspecified atom stereocenters. The van der Waals surface area contributed by atoms with Crippen molar-refractivity contribution in [3.05, 3.63) is 29.8 Å². The van der Waals surface area contributed by atoms with Crippen molar-refractivity contribution in [3.63, 3.8) is 0 Å². The minimum atomic E-state index is 0.226. The van der Waals surface area contributed by atoms with Crippen molar-refractivity contribution in [3.8, 4) is 5.75 Å². The van der Waals surface area contributed by atoms with Gasteiger partial charge in [-0.1, -0.05) is 50.8 Å². The fourth-order valence-corrected chi connectivity index (χ4v) is 3.09. The number of aromatic hydroxyl groups is 1. The van der Waals surface area contributed by atoms with Gasteiger partial charge in [0, 0.05) is 11.6 Å². The summed E-state index contributed by atoms with van der Waals surface area (Å²) in [6.07, 6.45) is 6.87. The smallest absolute Gasteiger partial charge is 0.120 e. The second-order valence-electron chi connectivity index (χ2n) is 6.15. The van der Waals surface area contributed by atoms with Crippen LogP contribution in [0.1, 0.15) is 57.6 Å². The molecule has 1 saturated carbocycles. The van der Waals surface area contributed by atoms with Crippen molar-refractivity contribution < 1.29 is 5.11 Å². The van der Waals surface area contributed by atoms with Crippen LogP contribution in [0.25, 0.3) is 0 Å². The van der Waals surface area contributed by atoms with Crippen molar-refractivity contribution >= 4 is 0 Å². The van der Waals surface area contributed by atoms with Crippen molar-refractivity contribution in [1.29, 1.82) is 0 Å². The molecular weight excluding hydrogens is 234 g/mol. The third-order valence-corrected chi connectivity index (χ3v) is 4.54. The Labute approximate surface area is 117 Å². The fourth-order valence-electron chi connectivity index (χ4n) is 3.09. The maximum Gasteiger partial charge on any atom is 0.120 e. The summed E-state index contributed by atoms with van der Waals surface area (Å²) in [5, 5.41) is 13.4. The molecule has 1 aromatic rings. The Morgan fingerprint density at radius 2 is 1.89 bits per heavy atom. The zero-order valence-electron chi connectivity index (χ0n) is 12.2. The normalized spacial score (nSPS) is 25.2. The van der Waals surface area contributed by atoms with E-state index in [-0.39, 0.29) is 6.04 Å². The summed E-state index contributed by atoms with van der Waals surface area (Å²) in [5.74, 6) is 2.23. The zero-order valence-corrected chi connectivity index (χ0v) is 12.2. The van der Waals surface area contributed by atoms with Crippen LogP contribution in [0.2, 0.25) is 0 Å². The summed E-state index contributed by atoms with van der Waals surface area (Å²) >= 11 is 0. The lowest BCUT2D eigenvalue weighted by molar-refractivity contribution is 0.273.